The zero-order valence-corrected chi connectivity index (χ0v) is 13.6. The Hall–Kier alpha value is -2.34. The minimum absolute atomic E-state index is 0.398. The second kappa shape index (κ2) is 6.19. The van der Waals surface area contributed by atoms with Crippen LogP contribution in [-0.2, 0) is 0 Å². The number of hydrogen-bond donors (Lipinski definition) is 0. The molecule has 0 saturated heterocycles. The molecule has 1 aromatic heterocycles. The lowest BCUT2D eigenvalue weighted by Crippen LogP contribution is -1.90. The van der Waals surface area contributed by atoms with Crippen LogP contribution in [0.2, 0.25) is 0 Å². The average molecular weight is 361 g/mol. The van der Waals surface area contributed by atoms with E-state index in [4.69, 9.17) is 14.0 Å². The molecule has 1 heterocycles. The molecule has 5 nitrogen and oxygen atoms in total. The van der Waals surface area contributed by atoms with Crippen LogP contribution in [0.5, 0.6) is 11.5 Å². The molecule has 0 aliphatic heterocycles. The molecule has 112 valence electrons. The van der Waals surface area contributed by atoms with Gasteiger partial charge in [-0.1, -0.05) is 33.2 Å². The van der Waals surface area contributed by atoms with E-state index >= 15 is 0 Å². The van der Waals surface area contributed by atoms with Crippen molar-refractivity contribution in [3.05, 3.63) is 46.9 Å². The Kier molecular flexibility index (Phi) is 4.11. The largest absolute Gasteiger partial charge is 0.497 e. The Balaban J connectivity index is 2.00. The van der Waals surface area contributed by atoms with Crippen molar-refractivity contribution >= 4 is 15.9 Å². The molecule has 6 heteroatoms. The zero-order valence-electron chi connectivity index (χ0n) is 12.0. The van der Waals surface area contributed by atoms with Crippen LogP contribution in [0, 0.1) is 0 Å². The SMILES string of the molecule is COc1ccc(-c2nc(-c3cccc(Br)c3)no2)c(OC)c1. The fourth-order valence-electron chi connectivity index (χ4n) is 2.05. The molecule has 3 rings (SSSR count). The van der Waals surface area contributed by atoms with E-state index in [1.54, 1.807) is 20.3 Å². The summed E-state index contributed by atoms with van der Waals surface area (Å²) in [5.74, 6) is 2.24. The van der Waals surface area contributed by atoms with Crippen LogP contribution in [-0.4, -0.2) is 24.4 Å². The molecule has 0 radical (unpaired) electrons. The third-order valence-electron chi connectivity index (χ3n) is 3.15. The highest BCUT2D eigenvalue weighted by Crippen LogP contribution is 2.33. The standard InChI is InChI=1S/C16H13BrN2O3/c1-20-12-6-7-13(14(9-12)21-2)16-18-15(19-22-16)10-4-3-5-11(17)8-10/h3-9H,1-2H3. The smallest absolute Gasteiger partial charge is 0.262 e. The van der Waals surface area contributed by atoms with Gasteiger partial charge in [-0.2, -0.15) is 4.98 Å². The first-order valence-electron chi connectivity index (χ1n) is 6.53. The van der Waals surface area contributed by atoms with Crippen LogP contribution < -0.4 is 9.47 Å². The van der Waals surface area contributed by atoms with Crippen molar-refractivity contribution in [1.82, 2.24) is 10.1 Å². The maximum absolute atomic E-state index is 5.36. The van der Waals surface area contributed by atoms with E-state index in [1.807, 2.05) is 36.4 Å². The molecule has 0 amide bonds. The van der Waals surface area contributed by atoms with Crippen LogP contribution >= 0.6 is 15.9 Å². The van der Waals surface area contributed by atoms with Crippen LogP contribution in [0.4, 0.5) is 0 Å². The van der Waals surface area contributed by atoms with Gasteiger partial charge in [0.2, 0.25) is 5.82 Å². The van der Waals surface area contributed by atoms with Gasteiger partial charge in [-0.15, -0.1) is 0 Å². The Bertz CT molecular complexity index is 802. The molecule has 0 aliphatic carbocycles. The number of ether oxygens (including phenoxy) is 2. The van der Waals surface area contributed by atoms with Gasteiger partial charge >= 0.3 is 0 Å². The number of hydrogen-bond acceptors (Lipinski definition) is 5. The highest BCUT2D eigenvalue weighted by Gasteiger charge is 2.15. The normalized spacial score (nSPS) is 10.5. The van der Waals surface area contributed by atoms with Gasteiger partial charge in [-0.3, -0.25) is 0 Å². The van der Waals surface area contributed by atoms with Gasteiger partial charge in [0.1, 0.15) is 11.5 Å². The number of aromatic nitrogens is 2. The predicted octanol–water partition coefficient (Wildman–Crippen LogP) is 4.18. The number of benzene rings is 2. The summed E-state index contributed by atoms with van der Waals surface area (Å²) in [6.45, 7) is 0. The lowest BCUT2D eigenvalue weighted by atomic mass is 10.2. The maximum Gasteiger partial charge on any atom is 0.262 e. The van der Waals surface area contributed by atoms with Crippen molar-refractivity contribution < 1.29 is 14.0 Å². The number of methoxy groups -OCH3 is 2. The van der Waals surface area contributed by atoms with Crippen molar-refractivity contribution in [1.29, 1.82) is 0 Å². The molecule has 22 heavy (non-hydrogen) atoms. The minimum Gasteiger partial charge on any atom is -0.497 e. The molecule has 0 saturated carbocycles. The fraction of sp³-hybridized carbons (Fsp3) is 0.125. The van der Waals surface area contributed by atoms with Crippen molar-refractivity contribution in [2.75, 3.05) is 14.2 Å². The summed E-state index contributed by atoms with van der Waals surface area (Å²) in [6, 6.07) is 13.1. The molecule has 0 unspecified atom stereocenters. The molecule has 0 aliphatic rings. The summed E-state index contributed by atoms with van der Waals surface area (Å²) in [7, 11) is 3.19. The lowest BCUT2D eigenvalue weighted by Gasteiger charge is -2.06. The quantitative estimate of drug-likeness (QED) is 0.698. The fourth-order valence-corrected chi connectivity index (χ4v) is 2.45. The van der Waals surface area contributed by atoms with E-state index < -0.39 is 0 Å². The number of halogens is 1. The summed E-state index contributed by atoms with van der Waals surface area (Å²) in [4.78, 5) is 4.44. The van der Waals surface area contributed by atoms with Crippen LogP contribution in [0.3, 0.4) is 0 Å². The van der Waals surface area contributed by atoms with E-state index in [9.17, 15) is 0 Å². The van der Waals surface area contributed by atoms with Gasteiger partial charge in [0.15, 0.2) is 0 Å². The molecule has 0 atom stereocenters. The first-order chi connectivity index (χ1) is 10.7. The van der Waals surface area contributed by atoms with Gasteiger partial charge in [-0.05, 0) is 24.3 Å². The summed E-state index contributed by atoms with van der Waals surface area (Å²) in [5.41, 5.74) is 1.59. The molecular weight excluding hydrogens is 348 g/mol. The van der Waals surface area contributed by atoms with Crippen molar-refractivity contribution in [2.45, 2.75) is 0 Å². The summed E-state index contributed by atoms with van der Waals surface area (Å²) in [6.07, 6.45) is 0. The van der Waals surface area contributed by atoms with E-state index in [0.29, 0.717) is 23.2 Å². The topological polar surface area (TPSA) is 57.4 Å². The Morgan fingerprint density at radius 3 is 2.64 bits per heavy atom. The highest BCUT2D eigenvalue weighted by molar-refractivity contribution is 9.10. The van der Waals surface area contributed by atoms with Gasteiger partial charge < -0.3 is 14.0 Å². The Morgan fingerprint density at radius 1 is 1.05 bits per heavy atom. The molecule has 0 bridgehead atoms. The van der Waals surface area contributed by atoms with Gasteiger partial charge in [0.05, 0.1) is 19.8 Å². The predicted molar refractivity (Wildman–Crippen MR) is 86.0 cm³/mol. The second-order valence-electron chi connectivity index (χ2n) is 4.50. The van der Waals surface area contributed by atoms with E-state index in [0.717, 1.165) is 15.6 Å². The zero-order chi connectivity index (χ0) is 15.5. The van der Waals surface area contributed by atoms with Crippen molar-refractivity contribution in [2.24, 2.45) is 0 Å². The second-order valence-corrected chi connectivity index (χ2v) is 5.42. The third-order valence-corrected chi connectivity index (χ3v) is 3.64. The average Bonchev–Trinajstić information content (AvgIpc) is 3.04. The van der Waals surface area contributed by atoms with Crippen molar-refractivity contribution in [3.8, 4) is 34.3 Å². The summed E-state index contributed by atoms with van der Waals surface area (Å²) >= 11 is 3.43. The Morgan fingerprint density at radius 2 is 1.91 bits per heavy atom. The maximum atomic E-state index is 5.36. The van der Waals surface area contributed by atoms with E-state index in [-0.39, 0.29) is 0 Å². The molecule has 0 N–H and O–H groups in total. The van der Waals surface area contributed by atoms with Gasteiger partial charge in [0, 0.05) is 16.1 Å². The van der Waals surface area contributed by atoms with E-state index in [1.165, 1.54) is 0 Å². The van der Waals surface area contributed by atoms with Gasteiger partial charge in [0.25, 0.3) is 5.89 Å². The minimum atomic E-state index is 0.398. The lowest BCUT2D eigenvalue weighted by molar-refractivity contribution is 0.391. The molecule has 2 aromatic carbocycles. The molecule has 0 fully saturated rings. The molecule has 0 spiro atoms. The molecular formula is C16H13BrN2O3. The summed E-state index contributed by atoms with van der Waals surface area (Å²) in [5, 5.41) is 4.03. The first-order valence-corrected chi connectivity index (χ1v) is 7.32. The van der Waals surface area contributed by atoms with E-state index in [2.05, 4.69) is 26.1 Å². The summed E-state index contributed by atoms with van der Waals surface area (Å²) < 4.78 is 16.9. The molecule has 3 aromatic rings. The van der Waals surface area contributed by atoms with Crippen LogP contribution in [0.1, 0.15) is 0 Å². The first kappa shape index (κ1) is 14.6. The third kappa shape index (κ3) is 2.82. The Labute approximate surface area is 136 Å². The highest BCUT2D eigenvalue weighted by atomic mass is 79.9. The van der Waals surface area contributed by atoms with Gasteiger partial charge in [-0.25, -0.2) is 0 Å². The number of rotatable bonds is 4. The monoisotopic (exact) mass is 360 g/mol. The van der Waals surface area contributed by atoms with Crippen molar-refractivity contribution in [3.63, 3.8) is 0 Å². The number of nitrogens with zero attached hydrogens (tertiary/aromatic N) is 2. The van der Waals surface area contributed by atoms with Crippen LogP contribution in [0.15, 0.2) is 51.5 Å². The van der Waals surface area contributed by atoms with Crippen LogP contribution in [0.25, 0.3) is 22.8 Å².